The monoisotopic (exact) mass is 109 g/mol. The van der Waals surface area contributed by atoms with Crippen LogP contribution in [0.15, 0.2) is 15.2 Å². The van der Waals surface area contributed by atoms with Crippen molar-refractivity contribution in [2.75, 3.05) is 0 Å². The molecule has 0 aromatic heterocycles. The Bertz CT molecular complexity index is 134. The predicted molar refractivity (Wildman–Crippen MR) is 29.9 cm³/mol. The molecule has 0 radical (unpaired) electrons. The molecule has 0 aromatic carbocycles. The summed E-state index contributed by atoms with van der Waals surface area (Å²) in [6.07, 6.45) is 4.33. The Balaban J connectivity index is 2.06. The first-order chi connectivity index (χ1) is 3.97. The first kappa shape index (κ1) is 4.18. The molecule has 1 saturated carbocycles. The summed E-state index contributed by atoms with van der Waals surface area (Å²) >= 11 is 0. The standard InChI is InChI=1S/C5H7N3/c1-2-4(1)5-6-3-7-8-5/h3-5H,1-2H2. The van der Waals surface area contributed by atoms with Crippen LogP contribution in [0.4, 0.5) is 0 Å². The van der Waals surface area contributed by atoms with Crippen molar-refractivity contribution in [2.45, 2.75) is 19.0 Å². The molecule has 0 aromatic rings. The molecule has 42 valence electrons. The van der Waals surface area contributed by atoms with Crippen molar-refractivity contribution in [1.82, 2.24) is 0 Å². The number of azo groups is 1. The highest BCUT2D eigenvalue weighted by molar-refractivity contribution is 5.56. The van der Waals surface area contributed by atoms with Crippen molar-refractivity contribution in [3.05, 3.63) is 0 Å². The van der Waals surface area contributed by atoms with Gasteiger partial charge in [-0.2, -0.15) is 5.11 Å². The van der Waals surface area contributed by atoms with Crippen LogP contribution < -0.4 is 0 Å². The lowest BCUT2D eigenvalue weighted by Gasteiger charge is -1.93. The maximum atomic E-state index is 4.04. The molecule has 1 aliphatic heterocycles. The molecule has 1 atom stereocenters. The van der Waals surface area contributed by atoms with E-state index in [1.165, 1.54) is 12.8 Å². The van der Waals surface area contributed by atoms with Crippen LogP contribution in [-0.2, 0) is 0 Å². The second-order valence-electron chi connectivity index (χ2n) is 2.25. The van der Waals surface area contributed by atoms with Crippen LogP contribution in [0.3, 0.4) is 0 Å². The van der Waals surface area contributed by atoms with Crippen LogP contribution in [0.1, 0.15) is 12.8 Å². The summed E-state index contributed by atoms with van der Waals surface area (Å²) in [5, 5.41) is 7.56. The molecule has 1 fully saturated rings. The molecule has 1 heterocycles. The first-order valence-corrected chi connectivity index (χ1v) is 2.88. The maximum absolute atomic E-state index is 4.04. The minimum Gasteiger partial charge on any atom is -0.243 e. The van der Waals surface area contributed by atoms with Crippen molar-refractivity contribution < 1.29 is 0 Å². The third-order valence-corrected chi connectivity index (χ3v) is 1.50. The summed E-state index contributed by atoms with van der Waals surface area (Å²) in [4.78, 5) is 4.04. The fourth-order valence-electron chi connectivity index (χ4n) is 0.836. The average molecular weight is 109 g/mol. The van der Waals surface area contributed by atoms with Gasteiger partial charge in [0.2, 0.25) is 0 Å². The van der Waals surface area contributed by atoms with Crippen molar-refractivity contribution in [3.63, 3.8) is 0 Å². The van der Waals surface area contributed by atoms with Gasteiger partial charge in [-0.25, -0.2) is 4.99 Å². The zero-order valence-electron chi connectivity index (χ0n) is 4.49. The Morgan fingerprint density at radius 3 is 2.75 bits per heavy atom. The molecule has 1 unspecified atom stereocenters. The molecule has 0 saturated heterocycles. The number of rotatable bonds is 1. The quantitative estimate of drug-likeness (QED) is 0.485. The van der Waals surface area contributed by atoms with Crippen molar-refractivity contribution >= 4 is 6.34 Å². The SMILES string of the molecule is C1=NC(C2CC2)N=N1. The van der Waals surface area contributed by atoms with E-state index in [2.05, 4.69) is 15.2 Å². The third-order valence-electron chi connectivity index (χ3n) is 1.50. The highest BCUT2D eigenvalue weighted by atomic mass is 15.3. The van der Waals surface area contributed by atoms with E-state index in [1.807, 2.05) is 0 Å². The molecule has 0 bridgehead atoms. The second kappa shape index (κ2) is 1.37. The number of aliphatic imine (C=N–C) groups is 1. The van der Waals surface area contributed by atoms with Gasteiger partial charge in [-0.05, 0) is 12.8 Å². The zero-order chi connectivity index (χ0) is 5.40. The molecule has 8 heavy (non-hydrogen) atoms. The second-order valence-corrected chi connectivity index (χ2v) is 2.25. The van der Waals surface area contributed by atoms with Crippen LogP contribution in [0.2, 0.25) is 0 Å². The Morgan fingerprint density at radius 2 is 2.25 bits per heavy atom. The normalized spacial score (nSPS) is 34.2. The summed E-state index contributed by atoms with van der Waals surface area (Å²) in [6.45, 7) is 0. The molecular formula is C5H7N3. The fourth-order valence-corrected chi connectivity index (χ4v) is 0.836. The van der Waals surface area contributed by atoms with E-state index < -0.39 is 0 Å². The van der Waals surface area contributed by atoms with Crippen molar-refractivity contribution in [1.29, 1.82) is 0 Å². The molecule has 1 aliphatic carbocycles. The van der Waals surface area contributed by atoms with E-state index in [0.717, 1.165) is 5.92 Å². The van der Waals surface area contributed by atoms with Crippen LogP contribution in [0.25, 0.3) is 0 Å². The van der Waals surface area contributed by atoms with Crippen LogP contribution >= 0.6 is 0 Å². The van der Waals surface area contributed by atoms with Gasteiger partial charge in [-0.3, -0.25) is 0 Å². The molecule has 3 heteroatoms. The summed E-state index contributed by atoms with van der Waals surface area (Å²) in [6, 6.07) is 0. The lowest BCUT2D eigenvalue weighted by atomic mass is 10.3. The van der Waals surface area contributed by atoms with E-state index >= 15 is 0 Å². The number of hydrogen-bond donors (Lipinski definition) is 0. The zero-order valence-corrected chi connectivity index (χ0v) is 4.49. The molecule has 0 N–H and O–H groups in total. The lowest BCUT2D eigenvalue weighted by molar-refractivity contribution is 0.623. The van der Waals surface area contributed by atoms with Gasteiger partial charge in [-0.15, -0.1) is 5.11 Å². The molecule has 0 spiro atoms. The van der Waals surface area contributed by atoms with Crippen LogP contribution in [0, 0.1) is 5.92 Å². The number of hydrogen-bond acceptors (Lipinski definition) is 3. The Morgan fingerprint density at radius 1 is 1.38 bits per heavy atom. The first-order valence-electron chi connectivity index (χ1n) is 2.88. The highest BCUT2D eigenvalue weighted by Gasteiger charge is 2.31. The molecular weight excluding hydrogens is 102 g/mol. The van der Waals surface area contributed by atoms with Crippen molar-refractivity contribution in [3.8, 4) is 0 Å². The van der Waals surface area contributed by atoms with Gasteiger partial charge in [-0.1, -0.05) is 0 Å². The minimum absolute atomic E-state index is 0.204. The average Bonchev–Trinajstić information content (AvgIpc) is 2.49. The molecule has 3 nitrogen and oxygen atoms in total. The van der Waals surface area contributed by atoms with Gasteiger partial charge in [0, 0.05) is 5.92 Å². The van der Waals surface area contributed by atoms with E-state index in [-0.39, 0.29) is 6.17 Å². The van der Waals surface area contributed by atoms with E-state index in [4.69, 9.17) is 0 Å². The van der Waals surface area contributed by atoms with Gasteiger partial charge in [0.25, 0.3) is 0 Å². The summed E-state index contributed by atoms with van der Waals surface area (Å²) < 4.78 is 0. The Kier molecular flexibility index (Phi) is 0.716. The fraction of sp³-hybridized carbons (Fsp3) is 0.800. The summed E-state index contributed by atoms with van der Waals surface area (Å²) in [5.41, 5.74) is 0. The van der Waals surface area contributed by atoms with Gasteiger partial charge in [0.1, 0.15) is 6.34 Å². The largest absolute Gasteiger partial charge is 0.243 e. The van der Waals surface area contributed by atoms with Crippen LogP contribution in [-0.4, -0.2) is 12.5 Å². The van der Waals surface area contributed by atoms with E-state index in [1.54, 1.807) is 6.34 Å². The van der Waals surface area contributed by atoms with E-state index in [0.29, 0.717) is 0 Å². The lowest BCUT2D eigenvalue weighted by Crippen LogP contribution is -1.97. The molecule has 2 rings (SSSR count). The van der Waals surface area contributed by atoms with Gasteiger partial charge in [0.15, 0.2) is 6.17 Å². The van der Waals surface area contributed by atoms with Gasteiger partial charge < -0.3 is 0 Å². The number of nitrogens with zero attached hydrogens (tertiary/aromatic N) is 3. The Hall–Kier alpha value is -0.730. The van der Waals surface area contributed by atoms with Crippen molar-refractivity contribution in [2.24, 2.45) is 21.1 Å². The van der Waals surface area contributed by atoms with Crippen LogP contribution in [0.5, 0.6) is 0 Å². The maximum Gasteiger partial charge on any atom is 0.165 e. The summed E-state index contributed by atoms with van der Waals surface area (Å²) in [5.74, 6) is 0.734. The Labute approximate surface area is 47.5 Å². The third kappa shape index (κ3) is 0.546. The highest BCUT2D eigenvalue weighted by Crippen LogP contribution is 2.35. The topological polar surface area (TPSA) is 37.1 Å². The molecule has 2 aliphatic rings. The summed E-state index contributed by atoms with van der Waals surface area (Å²) in [7, 11) is 0. The van der Waals surface area contributed by atoms with Gasteiger partial charge in [0.05, 0.1) is 0 Å². The van der Waals surface area contributed by atoms with Gasteiger partial charge >= 0.3 is 0 Å². The smallest absolute Gasteiger partial charge is 0.165 e. The minimum atomic E-state index is 0.204. The predicted octanol–water partition coefficient (Wildman–Crippen LogP) is 1.22. The van der Waals surface area contributed by atoms with E-state index in [9.17, 15) is 0 Å². The molecule has 0 amide bonds.